The van der Waals surface area contributed by atoms with E-state index in [-0.39, 0.29) is 38.8 Å². The van der Waals surface area contributed by atoms with Crippen LogP contribution in [0.25, 0.3) is 5.73 Å². The van der Waals surface area contributed by atoms with Crippen LogP contribution in [0, 0.1) is 5.92 Å². The zero-order chi connectivity index (χ0) is 6.57. The van der Waals surface area contributed by atoms with E-state index in [1.165, 1.54) is 6.42 Å². The molecule has 0 fully saturated rings. The summed E-state index contributed by atoms with van der Waals surface area (Å²) >= 11 is 0. The van der Waals surface area contributed by atoms with Crippen molar-refractivity contribution >= 4 is 0 Å². The SMILES string of the molecule is CCC(C)CC(C)[NH-].[Y]. The standard InChI is InChI=1S/C7H16N.Y/c1-4-6(2)5-7(3)8;/h6-8H,4-5H2,1-3H3;/q-1;. The molecule has 0 aromatic heterocycles. The van der Waals surface area contributed by atoms with E-state index in [1.54, 1.807) is 0 Å². The number of hydrogen-bond acceptors (Lipinski definition) is 0. The molecule has 0 aliphatic heterocycles. The average molecular weight is 203 g/mol. The zero-order valence-electron chi connectivity index (χ0n) is 6.65. The van der Waals surface area contributed by atoms with Gasteiger partial charge in [-0.25, -0.2) is 0 Å². The van der Waals surface area contributed by atoms with Crippen molar-refractivity contribution in [2.75, 3.05) is 0 Å². The smallest absolute Gasteiger partial charge is 0 e. The Morgan fingerprint density at radius 1 is 1.33 bits per heavy atom. The van der Waals surface area contributed by atoms with Crippen LogP contribution in [0.15, 0.2) is 0 Å². The Kier molecular flexibility index (Phi) is 10.1. The molecule has 0 aromatic rings. The molecule has 0 spiro atoms. The third-order valence-corrected chi connectivity index (χ3v) is 1.45. The maximum absolute atomic E-state index is 7.21. The molecule has 9 heavy (non-hydrogen) atoms. The fourth-order valence-corrected chi connectivity index (χ4v) is 0.770. The van der Waals surface area contributed by atoms with Gasteiger partial charge in [0.1, 0.15) is 0 Å². The van der Waals surface area contributed by atoms with Gasteiger partial charge in [-0.2, -0.15) is 0 Å². The van der Waals surface area contributed by atoms with Gasteiger partial charge in [0.2, 0.25) is 0 Å². The van der Waals surface area contributed by atoms with Crippen molar-refractivity contribution in [2.45, 2.75) is 39.7 Å². The van der Waals surface area contributed by atoms with Crippen LogP contribution in [0.5, 0.6) is 0 Å². The van der Waals surface area contributed by atoms with Crippen LogP contribution in [-0.4, -0.2) is 6.04 Å². The van der Waals surface area contributed by atoms with Gasteiger partial charge < -0.3 is 5.73 Å². The summed E-state index contributed by atoms with van der Waals surface area (Å²) < 4.78 is 0. The Hall–Kier alpha value is 1.06. The molecule has 53 valence electrons. The number of rotatable bonds is 3. The van der Waals surface area contributed by atoms with Gasteiger partial charge in [0.25, 0.3) is 0 Å². The molecule has 0 aliphatic carbocycles. The summed E-state index contributed by atoms with van der Waals surface area (Å²) in [6.45, 7) is 6.32. The van der Waals surface area contributed by atoms with E-state index >= 15 is 0 Å². The summed E-state index contributed by atoms with van der Waals surface area (Å²) in [5.74, 6) is 0.738. The summed E-state index contributed by atoms with van der Waals surface area (Å²) in [6, 6.07) is 0.130. The van der Waals surface area contributed by atoms with Crippen LogP contribution < -0.4 is 0 Å². The molecule has 2 unspecified atom stereocenters. The first-order valence-electron chi connectivity index (χ1n) is 3.38. The molecule has 0 aliphatic rings. The first kappa shape index (κ1) is 12.7. The van der Waals surface area contributed by atoms with Crippen molar-refractivity contribution < 1.29 is 32.7 Å². The molecule has 0 amide bonds. The van der Waals surface area contributed by atoms with Gasteiger partial charge in [0.05, 0.1) is 0 Å². The topological polar surface area (TPSA) is 23.8 Å². The summed E-state index contributed by atoms with van der Waals surface area (Å²) in [6.07, 6.45) is 2.26. The second kappa shape index (κ2) is 7.17. The molecule has 2 atom stereocenters. The Bertz CT molecular complexity index is 54.9. The second-order valence-corrected chi connectivity index (χ2v) is 2.65. The molecule has 1 radical (unpaired) electrons. The minimum atomic E-state index is 0. The van der Waals surface area contributed by atoms with E-state index in [1.807, 2.05) is 6.92 Å². The van der Waals surface area contributed by atoms with Crippen LogP contribution in [-0.2, 0) is 32.7 Å². The van der Waals surface area contributed by atoms with E-state index < -0.39 is 0 Å². The van der Waals surface area contributed by atoms with Crippen LogP contribution in [0.4, 0.5) is 0 Å². The summed E-state index contributed by atoms with van der Waals surface area (Å²) in [5, 5.41) is 0. The third-order valence-electron chi connectivity index (χ3n) is 1.45. The van der Waals surface area contributed by atoms with E-state index in [2.05, 4.69) is 13.8 Å². The molecule has 1 N–H and O–H groups in total. The largest absolute Gasteiger partial charge is 0.675 e. The maximum atomic E-state index is 7.21. The summed E-state index contributed by atoms with van der Waals surface area (Å²) in [7, 11) is 0. The van der Waals surface area contributed by atoms with Crippen LogP contribution in [0.1, 0.15) is 33.6 Å². The van der Waals surface area contributed by atoms with Gasteiger partial charge in [-0.15, -0.1) is 6.04 Å². The van der Waals surface area contributed by atoms with Crippen molar-refractivity contribution in [3.8, 4) is 0 Å². The summed E-state index contributed by atoms with van der Waals surface area (Å²) in [4.78, 5) is 0. The molecule has 0 rings (SSSR count). The quantitative estimate of drug-likeness (QED) is 0.673. The first-order valence-corrected chi connectivity index (χ1v) is 3.38. The Labute approximate surface area is 83.7 Å². The maximum Gasteiger partial charge on any atom is 0 e. The molecule has 1 nitrogen and oxygen atoms in total. The molecular weight excluding hydrogens is 187 g/mol. The molecule has 0 saturated carbocycles. The number of nitrogens with one attached hydrogen (secondary N) is 1. The van der Waals surface area contributed by atoms with Gasteiger partial charge in [0.15, 0.2) is 0 Å². The van der Waals surface area contributed by atoms with Crippen molar-refractivity contribution in [3.05, 3.63) is 5.73 Å². The first-order chi connectivity index (χ1) is 3.66. The van der Waals surface area contributed by atoms with Crippen molar-refractivity contribution in [2.24, 2.45) is 5.92 Å². The van der Waals surface area contributed by atoms with Gasteiger partial charge in [-0.05, 0) is 5.92 Å². The minimum Gasteiger partial charge on any atom is -0.675 e. The fraction of sp³-hybridized carbons (Fsp3) is 1.00. The van der Waals surface area contributed by atoms with Crippen molar-refractivity contribution in [3.63, 3.8) is 0 Å². The van der Waals surface area contributed by atoms with Gasteiger partial charge >= 0.3 is 0 Å². The fourth-order valence-electron chi connectivity index (χ4n) is 0.770. The van der Waals surface area contributed by atoms with E-state index in [9.17, 15) is 0 Å². The Balaban J connectivity index is 0. The van der Waals surface area contributed by atoms with Crippen LogP contribution in [0.2, 0.25) is 0 Å². The van der Waals surface area contributed by atoms with Gasteiger partial charge in [0, 0.05) is 32.7 Å². The Morgan fingerprint density at radius 2 is 1.78 bits per heavy atom. The van der Waals surface area contributed by atoms with E-state index in [4.69, 9.17) is 5.73 Å². The van der Waals surface area contributed by atoms with E-state index in [0.717, 1.165) is 12.3 Å². The molecule has 0 bridgehead atoms. The molecule has 0 saturated heterocycles. The predicted molar refractivity (Wildman–Crippen MR) is 37.9 cm³/mol. The normalized spacial score (nSPS) is 16.0. The zero-order valence-corrected chi connectivity index (χ0v) is 9.48. The molecule has 0 aromatic carbocycles. The van der Waals surface area contributed by atoms with Crippen molar-refractivity contribution in [1.29, 1.82) is 0 Å². The molecule has 0 heterocycles. The minimum absolute atomic E-state index is 0. The molecular formula is C7H16NY-. The summed E-state index contributed by atoms with van der Waals surface area (Å²) in [5.41, 5.74) is 7.21. The predicted octanol–water partition coefficient (Wildman–Crippen LogP) is 2.86. The third kappa shape index (κ3) is 9.06. The van der Waals surface area contributed by atoms with Gasteiger partial charge in [-0.1, -0.05) is 33.6 Å². The monoisotopic (exact) mass is 203 g/mol. The Morgan fingerprint density at radius 3 is 1.89 bits per heavy atom. The van der Waals surface area contributed by atoms with Gasteiger partial charge in [-0.3, -0.25) is 0 Å². The van der Waals surface area contributed by atoms with Crippen LogP contribution in [0.3, 0.4) is 0 Å². The van der Waals surface area contributed by atoms with Crippen molar-refractivity contribution in [1.82, 2.24) is 0 Å². The molecule has 2 heteroatoms. The van der Waals surface area contributed by atoms with E-state index in [0.29, 0.717) is 0 Å². The average Bonchev–Trinajstić information content (AvgIpc) is 1.65. The second-order valence-electron chi connectivity index (χ2n) is 2.65. The van der Waals surface area contributed by atoms with Crippen LogP contribution >= 0.6 is 0 Å². The number of hydrogen-bond donors (Lipinski definition) is 0.